The number of epoxide rings is 1. The van der Waals surface area contributed by atoms with Crippen molar-refractivity contribution in [1.29, 1.82) is 0 Å². The van der Waals surface area contributed by atoms with Crippen molar-refractivity contribution in [3.8, 4) is 0 Å². The van der Waals surface area contributed by atoms with E-state index in [0.717, 1.165) is 32.1 Å². The summed E-state index contributed by atoms with van der Waals surface area (Å²) in [4.78, 5) is 23.7. The Morgan fingerprint density at radius 3 is 1.46 bits per heavy atom. The number of unbranched alkanes of at least 4 members (excludes halogenated alkanes) is 28. The van der Waals surface area contributed by atoms with E-state index in [0.29, 0.717) is 42.8 Å². The molecule has 6 unspecified atom stereocenters. The smallest absolute Gasteiger partial charge is 0.474 e. The number of carbonyl (C=O) groups is 2. The van der Waals surface area contributed by atoms with Gasteiger partial charge in [-0.25, -0.2) is 4.57 Å². The Morgan fingerprint density at radius 2 is 1.03 bits per heavy atom. The number of likely N-dealkylation sites (N-methyl/N-ethyl adjacent to an activating group) is 1. The van der Waals surface area contributed by atoms with Gasteiger partial charge in [-0.3, -0.25) is 23.2 Å². The molecule has 2 heterocycles. The maximum Gasteiger partial charge on any atom is 0.474 e. The van der Waals surface area contributed by atoms with E-state index in [1.807, 2.05) is 14.1 Å². The summed E-state index contributed by atoms with van der Waals surface area (Å²) in [5, 5.41) is 21.4. The molecule has 0 aromatic carbocycles. The zero-order chi connectivity index (χ0) is 51.6. The number of nitrogens with one attached hydrogen (secondary N) is 1. The zero-order valence-corrected chi connectivity index (χ0v) is 46.6. The molecule has 6 atom stereocenters. The van der Waals surface area contributed by atoms with Crippen LogP contribution >= 0.6 is 7.82 Å². The molecule has 0 aromatic rings. The molecule has 2 saturated heterocycles. The molecule has 2 fully saturated rings. The number of aliphatic hydroxyl groups is 2. The summed E-state index contributed by atoms with van der Waals surface area (Å²) >= 11 is 0. The fraction of sp³-hybridized carbons (Fsp3) is 0.927. The largest absolute Gasteiger partial charge is 0.513 e. The Labute approximate surface area is 428 Å². The van der Waals surface area contributed by atoms with Crippen molar-refractivity contribution < 1.29 is 61.4 Å². The SMILES string of the molecule is C=C(O)CCCCCCCCCCCCCCCCC.CCCCCCCCCCCCCCCCCC(=O)OCCCOP(=O)(OC)OCC[N+](C)(C)CCOC1OC(CO)C2OC2C1NC(C)=O. The molecule has 0 radical (unpaired) electrons. The lowest BCUT2D eigenvalue weighted by atomic mass is 10.0. The van der Waals surface area contributed by atoms with Gasteiger partial charge < -0.3 is 39.0 Å². The molecule has 2 rings (SSSR count). The van der Waals surface area contributed by atoms with E-state index in [1.54, 1.807) is 0 Å². The summed E-state index contributed by atoms with van der Waals surface area (Å²) < 4.78 is 52.0. The van der Waals surface area contributed by atoms with E-state index in [-0.39, 0.29) is 50.5 Å². The fourth-order valence-corrected chi connectivity index (χ4v) is 9.74. The average Bonchev–Trinajstić information content (AvgIpc) is 4.13. The van der Waals surface area contributed by atoms with E-state index in [1.165, 1.54) is 181 Å². The van der Waals surface area contributed by atoms with Crippen LogP contribution in [0.5, 0.6) is 0 Å². The van der Waals surface area contributed by atoms with Crippen molar-refractivity contribution in [3.63, 3.8) is 0 Å². The van der Waals surface area contributed by atoms with Crippen LogP contribution in [0.3, 0.4) is 0 Å². The Bertz CT molecular complexity index is 1320. The van der Waals surface area contributed by atoms with Gasteiger partial charge in [0.1, 0.15) is 44.1 Å². The number of rotatable bonds is 48. The highest BCUT2D eigenvalue weighted by atomic mass is 31.2. The highest BCUT2D eigenvalue weighted by Crippen LogP contribution is 2.48. The van der Waals surface area contributed by atoms with Crippen LogP contribution in [0.4, 0.5) is 0 Å². The van der Waals surface area contributed by atoms with Crippen molar-refractivity contribution in [2.24, 2.45) is 0 Å². The number of phosphoric ester groups is 1. The van der Waals surface area contributed by atoms with E-state index in [4.69, 9.17) is 37.6 Å². The summed E-state index contributed by atoms with van der Waals surface area (Å²) in [5.74, 6) is -0.0814. The van der Waals surface area contributed by atoms with Gasteiger partial charge in [-0.2, -0.15) is 0 Å². The van der Waals surface area contributed by atoms with Crippen molar-refractivity contribution in [1.82, 2.24) is 5.32 Å². The van der Waals surface area contributed by atoms with Gasteiger partial charge in [0, 0.05) is 33.3 Å². The van der Waals surface area contributed by atoms with Crippen LogP contribution in [0, 0.1) is 0 Å². The Kier molecular flexibility index (Phi) is 41.5. The number of amides is 1. The summed E-state index contributed by atoms with van der Waals surface area (Å²) in [5.41, 5.74) is 0. The van der Waals surface area contributed by atoms with Gasteiger partial charge in [0.25, 0.3) is 0 Å². The van der Waals surface area contributed by atoms with Crippen LogP contribution in [0.1, 0.15) is 233 Å². The lowest BCUT2D eigenvalue weighted by molar-refractivity contribution is -0.891. The molecule has 0 saturated carbocycles. The van der Waals surface area contributed by atoms with Crippen LogP contribution in [0.25, 0.3) is 0 Å². The predicted octanol–water partition coefficient (Wildman–Crippen LogP) is 13.4. The number of quaternary nitrogens is 1. The number of fused-ring (bicyclic) bond motifs is 1. The van der Waals surface area contributed by atoms with Crippen molar-refractivity contribution in [3.05, 3.63) is 12.3 Å². The van der Waals surface area contributed by atoms with E-state index in [9.17, 15) is 19.3 Å². The number of hydrogen-bond acceptors (Lipinski definition) is 12. The molecule has 14 nitrogen and oxygen atoms in total. The molecule has 0 spiro atoms. The Morgan fingerprint density at radius 1 is 0.600 bits per heavy atom. The van der Waals surface area contributed by atoms with Crippen LogP contribution in [0.15, 0.2) is 12.3 Å². The van der Waals surface area contributed by atoms with Crippen molar-refractivity contribution in [2.45, 2.75) is 263 Å². The second-order valence-corrected chi connectivity index (χ2v) is 22.4. The first-order valence-corrected chi connectivity index (χ1v) is 29.9. The molecule has 15 heteroatoms. The summed E-state index contributed by atoms with van der Waals surface area (Å²) in [6.07, 6.45) is 39.9. The molecule has 3 N–H and O–H groups in total. The number of aliphatic hydroxyl groups excluding tert-OH is 2. The minimum absolute atomic E-state index is 0.0701. The molecule has 0 aromatic heterocycles. The second-order valence-electron chi connectivity index (χ2n) is 20.6. The molecular weight excluding hydrogens is 912 g/mol. The lowest BCUT2D eigenvalue weighted by Gasteiger charge is -2.35. The topological polar surface area (TPSA) is 172 Å². The Balaban J connectivity index is 0.00000103. The summed E-state index contributed by atoms with van der Waals surface area (Å²) in [6.45, 7) is 11.0. The van der Waals surface area contributed by atoms with E-state index < -0.39 is 26.3 Å². The minimum Gasteiger partial charge on any atom is -0.513 e. The van der Waals surface area contributed by atoms with E-state index in [2.05, 4.69) is 25.7 Å². The van der Waals surface area contributed by atoms with Gasteiger partial charge >= 0.3 is 13.8 Å². The molecule has 70 heavy (non-hydrogen) atoms. The number of phosphoric acid groups is 1. The fourth-order valence-electron chi connectivity index (χ4n) is 8.79. The van der Waals surface area contributed by atoms with Crippen LogP contribution in [0.2, 0.25) is 0 Å². The minimum atomic E-state index is -3.76. The summed E-state index contributed by atoms with van der Waals surface area (Å²) in [7, 11) is 1.46. The van der Waals surface area contributed by atoms with Crippen LogP contribution in [-0.4, -0.2) is 125 Å². The van der Waals surface area contributed by atoms with Gasteiger partial charge in [-0.15, -0.1) is 0 Å². The van der Waals surface area contributed by atoms with Crippen LogP contribution in [-0.2, 0) is 46.7 Å². The first kappa shape index (κ1) is 66.4. The number of carbonyl (C=O) groups excluding carboxylic acids is 2. The standard InChI is InChI=1S/C36H69N2O11P.C19H38O/c1-6-7-8-9-10-11-12-13-14-15-16-17-18-19-20-22-32(41)44-25-21-26-46-50(42,43-5)47-28-24-38(3,4)23-27-45-36-33(37-30(2)40)35-34(49-35)31(29-39)48-36;1-3-4-5-6-7-8-9-10-11-12-13-14-15-16-17-18-19(2)20/h31,33-36,39H,6-29H2,1-5H3;20H,2-18H2,1H3/p+1. The molecule has 1 amide bonds. The van der Waals surface area contributed by atoms with Gasteiger partial charge in [0.05, 0.1) is 46.3 Å². The summed E-state index contributed by atoms with van der Waals surface area (Å²) in [6, 6.07) is -0.453. The maximum atomic E-state index is 12.9. The van der Waals surface area contributed by atoms with Gasteiger partial charge in [0.2, 0.25) is 5.91 Å². The number of esters is 1. The van der Waals surface area contributed by atoms with Gasteiger partial charge in [-0.1, -0.05) is 200 Å². The van der Waals surface area contributed by atoms with Gasteiger partial charge in [-0.05, 0) is 12.8 Å². The van der Waals surface area contributed by atoms with E-state index >= 15 is 0 Å². The predicted molar refractivity (Wildman–Crippen MR) is 283 cm³/mol. The number of allylic oxidation sites excluding steroid dienone is 1. The highest BCUT2D eigenvalue weighted by Gasteiger charge is 2.58. The van der Waals surface area contributed by atoms with Crippen molar-refractivity contribution in [2.75, 3.05) is 67.3 Å². The number of nitrogens with zero attached hydrogens (tertiary/aromatic N) is 1. The molecule has 0 aliphatic carbocycles. The lowest BCUT2D eigenvalue weighted by Crippen LogP contribution is -2.56. The third-order valence-corrected chi connectivity index (χ3v) is 14.9. The van der Waals surface area contributed by atoms with Gasteiger partial charge in [0.15, 0.2) is 6.29 Å². The molecular formula is C55H108N2O12P+. The zero-order valence-electron chi connectivity index (χ0n) is 45.7. The third kappa shape index (κ3) is 37.2. The first-order chi connectivity index (χ1) is 33.8. The molecule has 2 aliphatic heterocycles. The first-order valence-electron chi connectivity index (χ1n) is 28.4. The van der Waals surface area contributed by atoms with Crippen molar-refractivity contribution >= 4 is 19.7 Å². The maximum absolute atomic E-state index is 12.9. The third-order valence-electron chi connectivity index (χ3n) is 13.4. The Hall–Kier alpha value is -1.61. The van der Waals surface area contributed by atoms with Crippen LogP contribution < -0.4 is 5.32 Å². The number of hydrogen-bond donors (Lipinski definition) is 3. The molecule has 2 aliphatic rings. The number of ether oxygens (including phenoxy) is 4. The average molecular weight is 1020 g/mol. The normalized spacial score (nSPS) is 19.4. The molecule has 0 bridgehead atoms. The highest BCUT2D eigenvalue weighted by molar-refractivity contribution is 7.48. The quantitative estimate of drug-likeness (QED) is 0.0132. The molecule has 414 valence electrons. The second kappa shape index (κ2) is 43.8. The monoisotopic (exact) mass is 1020 g/mol.